The predicted octanol–water partition coefficient (Wildman–Crippen LogP) is 2.13. The van der Waals surface area contributed by atoms with Crippen LogP contribution in [0.4, 0.5) is 0 Å². The molecule has 4 aliphatic carbocycles. The molecule has 1 aromatic heterocycles. The van der Waals surface area contributed by atoms with Crippen LogP contribution in [0.3, 0.4) is 0 Å². The minimum Gasteiger partial charge on any atom is -0.472 e. The summed E-state index contributed by atoms with van der Waals surface area (Å²) in [6.07, 6.45) is -0.00911. The molecular weight excluding hydrogens is 616 g/mol. The Bertz CT molecular complexity index is 1680. The van der Waals surface area contributed by atoms with Gasteiger partial charge in [0.15, 0.2) is 11.2 Å². The van der Waals surface area contributed by atoms with E-state index in [1.54, 1.807) is 46.8 Å². The number of fused-ring (bicyclic) bond motifs is 4. The number of hydrogen-bond donors (Lipinski definition) is 3. The topological polar surface area (TPSA) is 180 Å². The van der Waals surface area contributed by atoms with Gasteiger partial charge in [0.05, 0.1) is 31.2 Å². The third kappa shape index (κ3) is 2.96. The predicted molar refractivity (Wildman–Crippen MR) is 155 cm³/mol. The zero-order valence-electron chi connectivity index (χ0n) is 27.3. The van der Waals surface area contributed by atoms with E-state index in [4.69, 9.17) is 32.8 Å². The fourth-order valence-electron chi connectivity index (χ4n) is 11.5. The highest BCUT2D eigenvalue weighted by Gasteiger charge is 3.02. The van der Waals surface area contributed by atoms with Gasteiger partial charge in [-0.3, -0.25) is 4.79 Å². The van der Waals surface area contributed by atoms with Gasteiger partial charge in [0.2, 0.25) is 0 Å². The molecule has 4 bridgehead atoms. The number of aliphatic hydroxyl groups is 3. The molecule has 4 saturated carbocycles. The molecule has 1 aromatic rings. The highest BCUT2D eigenvalue weighted by atomic mass is 16.9. The van der Waals surface area contributed by atoms with Crippen molar-refractivity contribution in [2.24, 2.45) is 22.2 Å². The first kappa shape index (κ1) is 31.2. The lowest BCUT2D eigenvalue weighted by molar-refractivity contribution is -0.446. The van der Waals surface area contributed by atoms with Crippen LogP contribution in [0.25, 0.3) is 0 Å². The van der Waals surface area contributed by atoms with Crippen LogP contribution < -0.4 is 0 Å². The number of allylic oxidation sites excluding steroid dienone is 1. The molecule has 1 unspecified atom stereocenters. The number of furan rings is 1. The number of hydrogen-bond acceptors (Lipinski definition) is 13. The third-order valence-corrected chi connectivity index (χ3v) is 13.5. The summed E-state index contributed by atoms with van der Waals surface area (Å²) in [4.78, 5) is 40.2. The molecule has 7 aliphatic rings. The fraction of sp³-hybridized carbons (Fsp3) is 0.676. The lowest BCUT2D eigenvalue weighted by Gasteiger charge is -2.75. The van der Waals surface area contributed by atoms with Gasteiger partial charge in [0, 0.05) is 47.8 Å². The van der Waals surface area contributed by atoms with Gasteiger partial charge in [0.25, 0.3) is 5.97 Å². The van der Waals surface area contributed by atoms with E-state index in [1.807, 2.05) is 0 Å². The molecule has 8 rings (SSSR count). The SMILES string of the molecule is C/C=C(\C)C(=O)O[C@H]1[C@@]2(C)C[C@]3(O)[C@@]1(O)[C@H]1OC4(C)O[C@@]5(C[C@H](O)[C@]6(C)C(=CC(=O)O[C@H]6c6ccoc6)[C@@]15O4)[C@]3(C)[C@H]2CC(=O)OC. The Morgan fingerprint density at radius 2 is 1.87 bits per heavy atom. The molecule has 2 saturated heterocycles. The van der Waals surface area contributed by atoms with Crippen LogP contribution in [-0.2, 0) is 42.8 Å². The van der Waals surface area contributed by atoms with E-state index >= 15 is 0 Å². The molecular formula is C34H40O13. The number of carbonyl (C=O) groups excluding carboxylic acids is 3. The summed E-state index contributed by atoms with van der Waals surface area (Å²) in [5.41, 5.74) is -11.2. The summed E-state index contributed by atoms with van der Waals surface area (Å²) >= 11 is 0. The number of carbonyl (C=O) groups is 3. The molecule has 47 heavy (non-hydrogen) atoms. The fourth-order valence-corrected chi connectivity index (χ4v) is 11.5. The number of esters is 3. The van der Waals surface area contributed by atoms with Gasteiger partial charge >= 0.3 is 17.9 Å². The van der Waals surface area contributed by atoms with Crippen LogP contribution in [0.1, 0.15) is 72.5 Å². The Balaban J connectivity index is 1.44. The first-order valence-corrected chi connectivity index (χ1v) is 16.0. The van der Waals surface area contributed by atoms with E-state index in [9.17, 15) is 29.7 Å². The smallest absolute Gasteiger partial charge is 0.333 e. The quantitative estimate of drug-likeness (QED) is 0.239. The van der Waals surface area contributed by atoms with Crippen molar-refractivity contribution in [3.8, 4) is 0 Å². The average molecular weight is 657 g/mol. The van der Waals surface area contributed by atoms with Crippen molar-refractivity contribution in [1.82, 2.24) is 0 Å². The van der Waals surface area contributed by atoms with E-state index < -0.39 is 92.9 Å². The lowest BCUT2D eigenvalue weighted by atomic mass is 9.34. The molecule has 13 heteroatoms. The van der Waals surface area contributed by atoms with Crippen LogP contribution >= 0.6 is 0 Å². The van der Waals surface area contributed by atoms with Crippen LogP contribution in [0, 0.1) is 22.2 Å². The van der Waals surface area contributed by atoms with Crippen molar-refractivity contribution < 1.29 is 62.5 Å². The second-order valence-corrected chi connectivity index (χ2v) is 15.2. The van der Waals surface area contributed by atoms with E-state index in [-0.39, 0.29) is 30.4 Å². The first-order valence-electron chi connectivity index (χ1n) is 16.0. The average Bonchev–Trinajstić information content (AvgIpc) is 3.78. The number of methoxy groups -OCH3 is 1. The molecule has 13 atom stereocenters. The van der Waals surface area contributed by atoms with E-state index in [2.05, 4.69) is 0 Å². The summed E-state index contributed by atoms with van der Waals surface area (Å²) < 4.78 is 42.7. The summed E-state index contributed by atoms with van der Waals surface area (Å²) in [5, 5.41) is 38.8. The second-order valence-electron chi connectivity index (χ2n) is 15.2. The summed E-state index contributed by atoms with van der Waals surface area (Å²) in [6.45, 7) is 10.0. The van der Waals surface area contributed by atoms with Gasteiger partial charge in [-0.15, -0.1) is 0 Å². The second kappa shape index (κ2) is 8.74. The molecule has 0 aromatic carbocycles. The number of rotatable bonds is 5. The molecule has 1 spiro atoms. The Morgan fingerprint density at radius 3 is 2.51 bits per heavy atom. The highest BCUT2D eigenvalue weighted by Crippen LogP contribution is 2.87. The van der Waals surface area contributed by atoms with Gasteiger partial charge < -0.3 is 48.2 Å². The maximum absolute atomic E-state index is 13.5. The van der Waals surface area contributed by atoms with E-state index in [0.29, 0.717) is 5.56 Å². The maximum atomic E-state index is 13.5. The first-order chi connectivity index (χ1) is 21.9. The Morgan fingerprint density at radius 1 is 1.15 bits per heavy atom. The molecule has 3 aliphatic heterocycles. The minimum absolute atomic E-state index is 0.106. The number of aliphatic hydroxyl groups excluding tert-OH is 1. The zero-order valence-corrected chi connectivity index (χ0v) is 27.3. The molecule has 6 fully saturated rings. The molecule has 4 heterocycles. The van der Waals surface area contributed by atoms with Crippen molar-refractivity contribution >= 4 is 17.9 Å². The van der Waals surface area contributed by atoms with Crippen molar-refractivity contribution in [1.29, 1.82) is 0 Å². The largest absolute Gasteiger partial charge is 0.472 e. The van der Waals surface area contributed by atoms with Crippen LogP contribution in [0.15, 0.2) is 46.3 Å². The van der Waals surface area contributed by atoms with Gasteiger partial charge in [-0.2, -0.15) is 0 Å². The van der Waals surface area contributed by atoms with Crippen molar-refractivity contribution in [3.05, 3.63) is 47.5 Å². The van der Waals surface area contributed by atoms with Crippen LogP contribution in [0.2, 0.25) is 0 Å². The summed E-state index contributed by atoms with van der Waals surface area (Å²) in [7, 11) is 1.26. The number of ether oxygens (including phenoxy) is 6. The molecule has 254 valence electrons. The molecule has 0 radical (unpaired) electrons. The maximum Gasteiger partial charge on any atom is 0.333 e. The van der Waals surface area contributed by atoms with Gasteiger partial charge in [-0.05, 0) is 44.7 Å². The normalized spacial score (nSPS) is 53.2. The molecule has 3 N–H and O–H groups in total. The Kier molecular flexibility index (Phi) is 5.80. The van der Waals surface area contributed by atoms with Crippen molar-refractivity contribution in [3.63, 3.8) is 0 Å². The lowest BCUT2D eigenvalue weighted by Crippen LogP contribution is -2.93. The Hall–Kier alpha value is -3.07. The minimum atomic E-state index is -2.35. The van der Waals surface area contributed by atoms with Gasteiger partial charge in [0.1, 0.15) is 29.5 Å². The van der Waals surface area contributed by atoms with Crippen LogP contribution in [-0.4, -0.2) is 87.0 Å². The van der Waals surface area contributed by atoms with E-state index in [0.717, 1.165) is 0 Å². The monoisotopic (exact) mass is 656 g/mol. The van der Waals surface area contributed by atoms with E-state index in [1.165, 1.54) is 32.6 Å². The van der Waals surface area contributed by atoms with Gasteiger partial charge in [-0.1, -0.05) is 19.9 Å². The number of cyclic esters (lactones) is 1. The standard InChI is InChI=1S/C34H40O13/c1-8-16(2)24(38)44-25-27(3)15-31(39)29(5,18(27)11-21(36)41-7)32-13-20(35)28(4)19(12-22(37)43-23(28)17-9-10-42-14-17)34(32)26(33(25,31)40)45-30(6,46-32)47-34/h8-10,12,14,18,20,23,25-26,35,39-40H,11,13,15H2,1-7H3/b16-8+/t18-,20-,23-,25-,26+,27-,28-,29+,30?,31+,32-,33-,34+/m0/s1. The van der Waals surface area contributed by atoms with Crippen LogP contribution in [0.5, 0.6) is 0 Å². The van der Waals surface area contributed by atoms with Crippen molar-refractivity contribution in [2.45, 2.75) is 114 Å². The third-order valence-electron chi connectivity index (χ3n) is 13.5. The molecule has 13 nitrogen and oxygen atoms in total. The zero-order chi connectivity index (χ0) is 34.0. The highest BCUT2D eigenvalue weighted by molar-refractivity contribution is 5.88. The molecule has 0 amide bonds. The van der Waals surface area contributed by atoms with Crippen molar-refractivity contribution in [2.75, 3.05) is 7.11 Å². The summed E-state index contributed by atoms with van der Waals surface area (Å²) in [5.74, 6) is -4.72. The Labute approximate surface area is 270 Å². The summed E-state index contributed by atoms with van der Waals surface area (Å²) in [6, 6.07) is 1.64. The van der Waals surface area contributed by atoms with Gasteiger partial charge in [-0.25, -0.2) is 9.59 Å².